The molecule has 1 aromatic rings. The van der Waals surface area contributed by atoms with E-state index in [0.717, 1.165) is 18.9 Å². The topological polar surface area (TPSA) is 37.4 Å². The van der Waals surface area contributed by atoms with Crippen LogP contribution in [-0.2, 0) is 4.74 Å². The van der Waals surface area contributed by atoms with E-state index in [4.69, 9.17) is 4.74 Å². The van der Waals surface area contributed by atoms with Gasteiger partial charge < -0.3 is 15.0 Å². The summed E-state index contributed by atoms with van der Waals surface area (Å²) >= 11 is 0. The summed E-state index contributed by atoms with van der Waals surface area (Å²) in [4.78, 5) is 5.92. The van der Waals surface area contributed by atoms with Crippen molar-refractivity contribution < 1.29 is 13.5 Å². The molecule has 1 fully saturated rings. The molecule has 20 heavy (non-hydrogen) atoms. The van der Waals surface area contributed by atoms with Crippen LogP contribution in [0.25, 0.3) is 0 Å². The van der Waals surface area contributed by atoms with Crippen molar-refractivity contribution in [2.45, 2.75) is 32.3 Å². The Balaban J connectivity index is 2.29. The first-order valence-electron chi connectivity index (χ1n) is 6.89. The minimum Gasteiger partial charge on any atom is -0.377 e. The Labute approximate surface area is 118 Å². The van der Waals surface area contributed by atoms with Gasteiger partial charge >= 0.3 is 0 Å². The SMILES string of the molecule is CCNc1nc(N2CCCC(C)(OC)C2)c(F)cc1F. The predicted octanol–water partition coefficient (Wildman–Crippen LogP) is 2.80. The van der Waals surface area contributed by atoms with Gasteiger partial charge in [-0.3, -0.25) is 0 Å². The number of halogens is 2. The second-order valence-corrected chi connectivity index (χ2v) is 5.33. The van der Waals surface area contributed by atoms with E-state index in [1.165, 1.54) is 0 Å². The maximum absolute atomic E-state index is 14.0. The summed E-state index contributed by atoms with van der Waals surface area (Å²) in [7, 11) is 1.65. The van der Waals surface area contributed by atoms with Crippen LogP contribution in [0.2, 0.25) is 0 Å². The van der Waals surface area contributed by atoms with Crippen LogP contribution in [0.5, 0.6) is 0 Å². The zero-order valence-corrected chi connectivity index (χ0v) is 12.2. The molecule has 0 amide bonds. The third-order valence-electron chi connectivity index (χ3n) is 3.71. The van der Waals surface area contributed by atoms with Crippen molar-refractivity contribution in [2.75, 3.05) is 37.0 Å². The smallest absolute Gasteiger partial charge is 0.168 e. The summed E-state index contributed by atoms with van der Waals surface area (Å²) < 4.78 is 33.1. The molecule has 0 spiro atoms. The molecule has 1 aromatic heterocycles. The first-order chi connectivity index (χ1) is 9.49. The molecule has 1 unspecified atom stereocenters. The number of piperidine rings is 1. The lowest BCUT2D eigenvalue weighted by Crippen LogP contribution is -2.48. The molecule has 2 heterocycles. The first-order valence-corrected chi connectivity index (χ1v) is 6.89. The van der Waals surface area contributed by atoms with Gasteiger partial charge in [-0.2, -0.15) is 0 Å². The number of ether oxygens (including phenoxy) is 1. The van der Waals surface area contributed by atoms with Gasteiger partial charge in [-0.25, -0.2) is 13.8 Å². The zero-order chi connectivity index (χ0) is 14.8. The average molecular weight is 285 g/mol. The minimum absolute atomic E-state index is 0.0913. The summed E-state index contributed by atoms with van der Waals surface area (Å²) in [6.45, 7) is 5.61. The summed E-state index contributed by atoms with van der Waals surface area (Å²) in [6, 6.07) is 0.888. The molecule has 2 rings (SSSR count). The Morgan fingerprint density at radius 2 is 2.20 bits per heavy atom. The molecule has 0 aromatic carbocycles. The first kappa shape index (κ1) is 15.0. The molecule has 0 aliphatic carbocycles. The molecule has 1 N–H and O–H groups in total. The Morgan fingerprint density at radius 3 is 2.85 bits per heavy atom. The lowest BCUT2D eigenvalue weighted by Gasteiger charge is -2.40. The summed E-state index contributed by atoms with van der Waals surface area (Å²) in [6.07, 6.45) is 1.81. The molecule has 112 valence electrons. The van der Waals surface area contributed by atoms with E-state index < -0.39 is 11.6 Å². The lowest BCUT2D eigenvalue weighted by atomic mass is 9.95. The Morgan fingerprint density at radius 1 is 1.45 bits per heavy atom. The molecule has 0 radical (unpaired) electrons. The van der Waals surface area contributed by atoms with Crippen molar-refractivity contribution in [1.29, 1.82) is 0 Å². The third kappa shape index (κ3) is 3.00. The quantitative estimate of drug-likeness (QED) is 0.923. The van der Waals surface area contributed by atoms with Crippen LogP contribution in [0.1, 0.15) is 26.7 Å². The van der Waals surface area contributed by atoms with Crippen LogP contribution in [0.15, 0.2) is 6.07 Å². The predicted molar refractivity (Wildman–Crippen MR) is 75.2 cm³/mol. The van der Waals surface area contributed by atoms with Crippen molar-refractivity contribution >= 4 is 11.6 Å². The van der Waals surface area contributed by atoms with E-state index in [0.29, 0.717) is 19.6 Å². The molecule has 4 nitrogen and oxygen atoms in total. The molecule has 0 saturated carbocycles. The summed E-state index contributed by atoms with van der Waals surface area (Å²) in [5.41, 5.74) is -0.320. The van der Waals surface area contributed by atoms with E-state index >= 15 is 0 Å². The highest BCUT2D eigenvalue weighted by Gasteiger charge is 2.32. The fourth-order valence-electron chi connectivity index (χ4n) is 2.52. The minimum atomic E-state index is -0.667. The standard InChI is InChI=1S/C14H21F2N3O/c1-4-17-12-10(15)8-11(16)13(18-12)19-7-5-6-14(2,9-19)20-3/h8H,4-7,9H2,1-3H3,(H,17,18). The Bertz CT molecular complexity index is 484. The number of hydrogen-bond acceptors (Lipinski definition) is 4. The number of nitrogens with one attached hydrogen (secondary N) is 1. The van der Waals surface area contributed by atoms with Crippen molar-refractivity contribution in [2.24, 2.45) is 0 Å². The molecule has 1 aliphatic rings. The summed E-state index contributed by atoms with van der Waals surface area (Å²) in [5.74, 6) is -1.02. The second-order valence-electron chi connectivity index (χ2n) is 5.33. The van der Waals surface area contributed by atoms with E-state index in [2.05, 4.69) is 10.3 Å². The average Bonchev–Trinajstić information content (AvgIpc) is 2.42. The molecule has 6 heteroatoms. The van der Waals surface area contributed by atoms with E-state index in [-0.39, 0.29) is 17.2 Å². The van der Waals surface area contributed by atoms with Gasteiger partial charge in [0.2, 0.25) is 0 Å². The van der Waals surface area contributed by atoms with Crippen LogP contribution < -0.4 is 10.2 Å². The van der Waals surface area contributed by atoms with Crippen LogP contribution in [0, 0.1) is 11.6 Å². The van der Waals surface area contributed by atoms with Gasteiger partial charge in [0.1, 0.15) is 0 Å². The fraction of sp³-hybridized carbons (Fsp3) is 0.643. The molecular formula is C14H21F2N3O. The zero-order valence-electron chi connectivity index (χ0n) is 12.2. The number of methoxy groups -OCH3 is 1. The summed E-state index contributed by atoms with van der Waals surface area (Å²) in [5, 5.41) is 2.81. The van der Waals surface area contributed by atoms with Crippen LogP contribution in [0.4, 0.5) is 20.4 Å². The highest BCUT2D eigenvalue weighted by Crippen LogP contribution is 2.30. The van der Waals surface area contributed by atoms with Gasteiger partial charge in [0, 0.05) is 32.8 Å². The van der Waals surface area contributed by atoms with E-state index in [1.807, 2.05) is 18.7 Å². The Kier molecular flexibility index (Phi) is 4.42. The number of hydrogen-bond donors (Lipinski definition) is 1. The van der Waals surface area contributed by atoms with Gasteiger partial charge in [-0.05, 0) is 26.7 Å². The largest absolute Gasteiger partial charge is 0.377 e. The van der Waals surface area contributed by atoms with Gasteiger partial charge in [0.15, 0.2) is 23.3 Å². The van der Waals surface area contributed by atoms with Gasteiger partial charge in [0.05, 0.1) is 5.60 Å². The second kappa shape index (κ2) is 5.91. The van der Waals surface area contributed by atoms with Crippen LogP contribution >= 0.6 is 0 Å². The molecule has 1 saturated heterocycles. The van der Waals surface area contributed by atoms with Gasteiger partial charge in [-0.15, -0.1) is 0 Å². The van der Waals surface area contributed by atoms with Gasteiger partial charge in [0.25, 0.3) is 0 Å². The molecular weight excluding hydrogens is 264 g/mol. The van der Waals surface area contributed by atoms with Crippen molar-refractivity contribution in [3.63, 3.8) is 0 Å². The number of nitrogens with zero attached hydrogens (tertiary/aromatic N) is 2. The number of rotatable bonds is 4. The van der Waals surface area contributed by atoms with E-state index in [9.17, 15) is 8.78 Å². The van der Waals surface area contributed by atoms with Crippen molar-refractivity contribution in [1.82, 2.24) is 4.98 Å². The fourth-order valence-corrected chi connectivity index (χ4v) is 2.52. The maximum Gasteiger partial charge on any atom is 0.168 e. The highest BCUT2D eigenvalue weighted by atomic mass is 19.1. The third-order valence-corrected chi connectivity index (χ3v) is 3.71. The molecule has 1 atom stereocenters. The number of aromatic nitrogens is 1. The molecule has 1 aliphatic heterocycles. The highest BCUT2D eigenvalue weighted by molar-refractivity contribution is 5.50. The van der Waals surface area contributed by atoms with Gasteiger partial charge in [-0.1, -0.05) is 0 Å². The van der Waals surface area contributed by atoms with Crippen molar-refractivity contribution in [3.8, 4) is 0 Å². The monoisotopic (exact) mass is 285 g/mol. The molecule has 0 bridgehead atoms. The van der Waals surface area contributed by atoms with Crippen LogP contribution in [-0.4, -0.2) is 37.3 Å². The normalized spacial score (nSPS) is 22.9. The number of anilines is 2. The van der Waals surface area contributed by atoms with Crippen LogP contribution in [0.3, 0.4) is 0 Å². The lowest BCUT2D eigenvalue weighted by molar-refractivity contribution is -0.00493. The Hall–Kier alpha value is -1.43. The van der Waals surface area contributed by atoms with E-state index in [1.54, 1.807) is 7.11 Å². The number of pyridine rings is 1. The van der Waals surface area contributed by atoms with Crippen molar-refractivity contribution in [3.05, 3.63) is 17.7 Å². The maximum atomic E-state index is 14.0.